The third kappa shape index (κ3) is 4.02. The zero-order valence-corrected chi connectivity index (χ0v) is 13.9. The van der Waals surface area contributed by atoms with Crippen LogP contribution in [-0.2, 0) is 11.3 Å². The molecule has 2 N–H and O–H groups in total. The summed E-state index contributed by atoms with van der Waals surface area (Å²) in [5, 5.41) is 0. The molecule has 0 radical (unpaired) electrons. The third-order valence-corrected chi connectivity index (χ3v) is 5.29. The van der Waals surface area contributed by atoms with E-state index in [0.717, 1.165) is 18.3 Å². The summed E-state index contributed by atoms with van der Waals surface area (Å²) in [6, 6.07) is 10.2. The van der Waals surface area contributed by atoms with Gasteiger partial charge in [-0.2, -0.15) is 0 Å². The molecule has 2 bridgehead atoms. The second kappa shape index (κ2) is 7.98. The lowest BCUT2D eigenvalue weighted by atomic mass is 9.86. The molecular formula is C18H27ClN2O. The van der Waals surface area contributed by atoms with Gasteiger partial charge >= 0.3 is 0 Å². The van der Waals surface area contributed by atoms with E-state index < -0.39 is 0 Å². The molecule has 22 heavy (non-hydrogen) atoms. The highest BCUT2D eigenvalue weighted by atomic mass is 35.5. The fourth-order valence-corrected chi connectivity index (χ4v) is 4.23. The van der Waals surface area contributed by atoms with Gasteiger partial charge < -0.3 is 10.6 Å². The van der Waals surface area contributed by atoms with Crippen molar-refractivity contribution in [1.82, 2.24) is 4.90 Å². The number of amides is 1. The SMILES string of the molecule is Cl.NCCN(Cc1ccccc1)C(=O)CC1CC2CCC1C2. The van der Waals surface area contributed by atoms with Crippen LogP contribution in [0.4, 0.5) is 0 Å². The molecule has 1 aromatic carbocycles. The minimum atomic E-state index is 0. The van der Waals surface area contributed by atoms with Crippen LogP contribution in [0.3, 0.4) is 0 Å². The number of nitrogens with two attached hydrogens (primary N) is 1. The Hall–Kier alpha value is -1.06. The van der Waals surface area contributed by atoms with Gasteiger partial charge in [0, 0.05) is 26.1 Å². The van der Waals surface area contributed by atoms with E-state index >= 15 is 0 Å². The number of carbonyl (C=O) groups is 1. The Balaban J connectivity index is 0.00000176. The summed E-state index contributed by atoms with van der Waals surface area (Å²) >= 11 is 0. The van der Waals surface area contributed by atoms with Crippen molar-refractivity contribution in [2.75, 3.05) is 13.1 Å². The number of rotatable bonds is 6. The molecule has 3 atom stereocenters. The zero-order valence-electron chi connectivity index (χ0n) is 13.1. The maximum atomic E-state index is 12.6. The van der Waals surface area contributed by atoms with E-state index in [0.29, 0.717) is 31.5 Å². The Kier molecular flexibility index (Phi) is 6.27. The fraction of sp³-hybridized carbons (Fsp3) is 0.611. The second-order valence-corrected chi connectivity index (χ2v) is 6.73. The molecule has 2 aliphatic rings. The molecule has 3 rings (SSSR count). The Morgan fingerprint density at radius 1 is 1.18 bits per heavy atom. The molecule has 3 nitrogen and oxygen atoms in total. The third-order valence-electron chi connectivity index (χ3n) is 5.29. The average Bonchev–Trinajstić information content (AvgIpc) is 3.10. The van der Waals surface area contributed by atoms with E-state index in [-0.39, 0.29) is 12.4 Å². The monoisotopic (exact) mass is 322 g/mol. The van der Waals surface area contributed by atoms with E-state index in [2.05, 4.69) is 12.1 Å². The highest BCUT2D eigenvalue weighted by molar-refractivity contribution is 5.85. The molecule has 0 spiro atoms. The van der Waals surface area contributed by atoms with Gasteiger partial charge in [-0.05, 0) is 42.6 Å². The van der Waals surface area contributed by atoms with Crippen LogP contribution >= 0.6 is 12.4 Å². The lowest BCUT2D eigenvalue weighted by molar-refractivity contribution is -0.133. The Labute approximate surface area is 139 Å². The van der Waals surface area contributed by atoms with Crippen LogP contribution < -0.4 is 5.73 Å². The number of carbonyl (C=O) groups excluding carboxylic acids is 1. The van der Waals surface area contributed by atoms with E-state index in [1.165, 1.54) is 31.2 Å². The molecule has 2 fully saturated rings. The predicted octanol–water partition coefficient (Wildman–Crippen LogP) is 3.22. The number of benzene rings is 1. The van der Waals surface area contributed by atoms with Gasteiger partial charge in [-0.1, -0.05) is 36.8 Å². The summed E-state index contributed by atoms with van der Waals surface area (Å²) in [7, 11) is 0. The van der Waals surface area contributed by atoms with Crippen LogP contribution in [0.5, 0.6) is 0 Å². The highest BCUT2D eigenvalue weighted by Crippen LogP contribution is 2.49. The van der Waals surface area contributed by atoms with Crippen LogP contribution in [0.15, 0.2) is 30.3 Å². The number of halogens is 1. The van der Waals surface area contributed by atoms with E-state index in [1.807, 2.05) is 23.1 Å². The summed E-state index contributed by atoms with van der Waals surface area (Å²) in [5.41, 5.74) is 6.88. The molecule has 4 heteroatoms. The van der Waals surface area contributed by atoms with Crippen molar-refractivity contribution >= 4 is 18.3 Å². The summed E-state index contributed by atoms with van der Waals surface area (Å²) in [6.07, 6.45) is 6.11. The van der Waals surface area contributed by atoms with Crippen molar-refractivity contribution in [1.29, 1.82) is 0 Å². The van der Waals surface area contributed by atoms with E-state index in [4.69, 9.17) is 5.73 Å². The Bertz CT molecular complexity index is 479. The fourth-order valence-electron chi connectivity index (χ4n) is 4.23. The molecule has 0 aliphatic heterocycles. The van der Waals surface area contributed by atoms with Gasteiger partial charge in [0.15, 0.2) is 0 Å². The molecule has 3 unspecified atom stereocenters. The first-order valence-corrected chi connectivity index (χ1v) is 8.28. The molecule has 1 amide bonds. The van der Waals surface area contributed by atoms with Gasteiger partial charge in [0.2, 0.25) is 5.91 Å². The molecule has 0 saturated heterocycles. The molecule has 2 saturated carbocycles. The maximum Gasteiger partial charge on any atom is 0.223 e. The quantitative estimate of drug-likeness (QED) is 0.874. The normalized spacial score (nSPS) is 25.8. The molecule has 0 aromatic heterocycles. The molecule has 1 aromatic rings. The lowest BCUT2D eigenvalue weighted by Gasteiger charge is -2.27. The number of hydrogen-bond acceptors (Lipinski definition) is 2. The van der Waals surface area contributed by atoms with Crippen LogP contribution in [0.25, 0.3) is 0 Å². The predicted molar refractivity (Wildman–Crippen MR) is 91.7 cm³/mol. The van der Waals surface area contributed by atoms with Crippen molar-refractivity contribution < 1.29 is 4.79 Å². The largest absolute Gasteiger partial charge is 0.337 e. The Morgan fingerprint density at radius 2 is 1.95 bits per heavy atom. The minimum absolute atomic E-state index is 0. The topological polar surface area (TPSA) is 46.3 Å². The standard InChI is InChI=1S/C18H26N2O.ClH/c19-8-9-20(13-14-4-2-1-3-5-14)18(21)12-17-11-15-6-7-16(17)10-15;/h1-5,15-17H,6-13,19H2;1H. The minimum Gasteiger partial charge on any atom is -0.337 e. The van der Waals surface area contributed by atoms with Crippen molar-refractivity contribution in [3.05, 3.63) is 35.9 Å². The van der Waals surface area contributed by atoms with Crippen molar-refractivity contribution in [2.45, 2.75) is 38.6 Å². The van der Waals surface area contributed by atoms with Crippen LogP contribution in [0.2, 0.25) is 0 Å². The molecule has 122 valence electrons. The molecular weight excluding hydrogens is 296 g/mol. The zero-order chi connectivity index (χ0) is 14.7. The van der Waals surface area contributed by atoms with Gasteiger partial charge in [-0.25, -0.2) is 0 Å². The van der Waals surface area contributed by atoms with Gasteiger partial charge in [0.05, 0.1) is 0 Å². The number of hydrogen-bond donors (Lipinski definition) is 1. The molecule has 2 aliphatic carbocycles. The summed E-state index contributed by atoms with van der Waals surface area (Å²) in [4.78, 5) is 14.6. The van der Waals surface area contributed by atoms with Gasteiger partial charge in [0.25, 0.3) is 0 Å². The van der Waals surface area contributed by atoms with Crippen molar-refractivity contribution in [3.8, 4) is 0 Å². The first-order valence-electron chi connectivity index (χ1n) is 8.28. The van der Waals surface area contributed by atoms with Gasteiger partial charge in [-0.3, -0.25) is 4.79 Å². The van der Waals surface area contributed by atoms with E-state index in [1.54, 1.807) is 0 Å². The molecule has 0 heterocycles. The van der Waals surface area contributed by atoms with Crippen LogP contribution in [-0.4, -0.2) is 23.9 Å². The lowest BCUT2D eigenvalue weighted by Crippen LogP contribution is -2.36. The first-order chi connectivity index (χ1) is 10.3. The van der Waals surface area contributed by atoms with Crippen molar-refractivity contribution in [2.24, 2.45) is 23.5 Å². The van der Waals surface area contributed by atoms with Crippen LogP contribution in [0, 0.1) is 17.8 Å². The summed E-state index contributed by atoms with van der Waals surface area (Å²) in [5.74, 6) is 2.65. The average molecular weight is 323 g/mol. The smallest absolute Gasteiger partial charge is 0.223 e. The summed E-state index contributed by atoms with van der Waals surface area (Å²) < 4.78 is 0. The number of fused-ring (bicyclic) bond motifs is 2. The van der Waals surface area contributed by atoms with E-state index in [9.17, 15) is 4.79 Å². The number of nitrogens with zero attached hydrogens (tertiary/aromatic N) is 1. The maximum absolute atomic E-state index is 12.6. The highest BCUT2D eigenvalue weighted by Gasteiger charge is 2.40. The first kappa shape index (κ1) is 17.3. The van der Waals surface area contributed by atoms with Crippen LogP contribution in [0.1, 0.15) is 37.7 Å². The van der Waals surface area contributed by atoms with Gasteiger partial charge in [-0.15, -0.1) is 12.4 Å². The Morgan fingerprint density at radius 3 is 2.55 bits per heavy atom. The summed E-state index contributed by atoms with van der Waals surface area (Å²) in [6.45, 7) is 1.89. The van der Waals surface area contributed by atoms with Crippen molar-refractivity contribution in [3.63, 3.8) is 0 Å². The second-order valence-electron chi connectivity index (χ2n) is 6.73. The van der Waals surface area contributed by atoms with Gasteiger partial charge in [0.1, 0.15) is 0 Å².